The fourth-order valence-corrected chi connectivity index (χ4v) is 0.539. The summed E-state index contributed by atoms with van der Waals surface area (Å²) in [5.74, 6) is 4.64. The van der Waals surface area contributed by atoms with Gasteiger partial charge in [-0.3, -0.25) is 4.84 Å². The molecule has 2 N–H and O–H groups in total. The summed E-state index contributed by atoms with van der Waals surface area (Å²) in [6.45, 7) is 3.25. The zero-order chi connectivity index (χ0) is 5.91. The molecule has 0 atom stereocenters. The van der Waals surface area contributed by atoms with Gasteiger partial charge in [-0.25, -0.2) is 5.90 Å². The molecule has 0 spiro atoms. The molecule has 4 heteroatoms. The highest BCUT2D eigenvalue weighted by atomic mass is 31.2. The van der Waals surface area contributed by atoms with Gasteiger partial charge in [0, 0.05) is 0 Å². The molecule has 0 aliphatic rings. The molecule has 0 amide bonds. The second kappa shape index (κ2) is 2.46. The summed E-state index contributed by atoms with van der Waals surface area (Å²) in [7, 11) is -2.01. The molecule has 0 aliphatic heterocycles. The van der Waals surface area contributed by atoms with E-state index in [2.05, 4.69) is 10.7 Å². The van der Waals surface area contributed by atoms with Crippen molar-refractivity contribution in [3.63, 3.8) is 0 Å². The van der Waals surface area contributed by atoms with E-state index in [4.69, 9.17) is 0 Å². The van der Waals surface area contributed by atoms with E-state index in [0.717, 1.165) is 0 Å². The van der Waals surface area contributed by atoms with Gasteiger partial charge in [0.05, 0.1) is 0 Å². The molecule has 0 aliphatic carbocycles. The predicted octanol–water partition coefficient (Wildman–Crippen LogP) is 0.457. The molecule has 0 fully saturated rings. The summed E-state index contributed by atoms with van der Waals surface area (Å²) >= 11 is 0. The van der Waals surface area contributed by atoms with Crippen LogP contribution in [0.5, 0.6) is 0 Å². The third-order valence-electron chi connectivity index (χ3n) is 0.385. The van der Waals surface area contributed by atoms with Crippen LogP contribution in [0.15, 0.2) is 0 Å². The maximum atomic E-state index is 10.6. The highest BCUT2D eigenvalue weighted by Gasteiger charge is 2.03. The Kier molecular flexibility index (Phi) is 2.51. The molecule has 0 saturated carbocycles. The van der Waals surface area contributed by atoms with Crippen LogP contribution in [0.3, 0.4) is 0 Å². The van der Waals surface area contributed by atoms with Gasteiger partial charge in [0.1, 0.15) is 13.5 Å². The van der Waals surface area contributed by atoms with Crippen molar-refractivity contribution in [2.75, 3.05) is 19.7 Å². The molecule has 0 saturated heterocycles. The van der Waals surface area contributed by atoms with E-state index in [1.807, 2.05) is 0 Å². The van der Waals surface area contributed by atoms with Gasteiger partial charge in [0.2, 0.25) is 0 Å². The van der Waals surface area contributed by atoms with Crippen LogP contribution in [-0.4, -0.2) is 19.7 Å². The fourth-order valence-electron chi connectivity index (χ4n) is 0.180. The van der Waals surface area contributed by atoms with Crippen LogP contribution in [0.4, 0.5) is 0 Å². The normalized spacial score (nSPS) is 11.9. The number of rotatable bonds is 2. The van der Waals surface area contributed by atoms with Crippen molar-refractivity contribution in [1.82, 2.24) is 0 Å². The third kappa shape index (κ3) is 6.15. The zero-order valence-corrected chi connectivity index (χ0v) is 5.44. The van der Waals surface area contributed by atoms with Gasteiger partial charge in [-0.1, -0.05) is 0 Å². The van der Waals surface area contributed by atoms with Crippen molar-refractivity contribution in [2.45, 2.75) is 0 Å². The summed E-state index contributed by atoms with van der Waals surface area (Å²) in [5, 5.41) is 0. The van der Waals surface area contributed by atoms with Crippen LogP contribution in [0, 0.1) is 0 Å². The summed E-state index contributed by atoms with van der Waals surface area (Å²) in [5.41, 5.74) is 0. The Bertz CT molecular complexity index is 86.9. The number of hydrogen-bond donors (Lipinski definition) is 1. The van der Waals surface area contributed by atoms with E-state index in [0.29, 0.717) is 0 Å². The Labute approximate surface area is 43.2 Å². The molecule has 0 aromatic rings. The highest BCUT2D eigenvalue weighted by Crippen LogP contribution is 2.34. The van der Waals surface area contributed by atoms with Gasteiger partial charge >= 0.3 is 0 Å². The maximum Gasteiger partial charge on any atom is 0.120 e. The Morgan fingerprint density at radius 2 is 2.14 bits per heavy atom. The minimum Gasteiger partial charge on any atom is -0.322 e. The lowest BCUT2D eigenvalue weighted by atomic mass is 11.7. The average molecular weight is 123 g/mol. The van der Waals surface area contributed by atoms with E-state index >= 15 is 0 Å². The molecule has 0 aromatic heterocycles. The molecule has 0 heterocycles. The van der Waals surface area contributed by atoms with Gasteiger partial charge in [-0.05, 0) is 13.3 Å². The molecular formula is C3H10NO2P. The van der Waals surface area contributed by atoms with E-state index in [1.165, 1.54) is 0 Å². The van der Waals surface area contributed by atoms with Gasteiger partial charge in [0.15, 0.2) is 0 Å². The SMILES string of the molecule is CP(C)(=O)CON. The van der Waals surface area contributed by atoms with E-state index < -0.39 is 7.14 Å². The Balaban J connectivity index is 3.36. The minimum absolute atomic E-state index is 0.174. The molecule has 3 nitrogen and oxygen atoms in total. The quantitative estimate of drug-likeness (QED) is 0.428. The van der Waals surface area contributed by atoms with Crippen molar-refractivity contribution < 1.29 is 9.40 Å². The van der Waals surface area contributed by atoms with E-state index in [-0.39, 0.29) is 6.35 Å². The topological polar surface area (TPSA) is 52.3 Å². The molecule has 0 bridgehead atoms. The fraction of sp³-hybridized carbons (Fsp3) is 1.00. The molecular weight excluding hydrogens is 113 g/mol. The largest absolute Gasteiger partial charge is 0.322 e. The average Bonchev–Trinajstić information content (AvgIpc) is 1.30. The van der Waals surface area contributed by atoms with Gasteiger partial charge in [-0.2, -0.15) is 0 Å². The van der Waals surface area contributed by atoms with E-state index in [9.17, 15) is 4.57 Å². The predicted molar refractivity (Wildman–Crippen MR) is 29.6 cm³/mol. The van der Waals surface area contributed by atoms with Gasteiger partial charge < -0.3 is 4.57 Å². The highest BCUT2D eigenvalue weighted by molar-refractivity contribution is 7.62. The minimum atomic E-state index is -2.01. The van der Waals surface area contributed by atoms with Crippen LogP contribution in [0.1, 0.15) is 0 Å². The standard InChI is InChI=1S/C3H10NO2P/c1-7(2,5)3-6-4/h3-4H2,1-2H3. The lowest BCUT2D eigenvalue weighted by Gasteiger charge is -2.00. The molecule has 0 radical (unpaired) electrons. The molecule has 44 valence electrons. The first kappa shape index (κ1) is 7.15. The van der Waals surface area contributed by atoms with Crippen molar-refractivity contribution in [2.24, 2.45) is 5.90 Å². The first-order valence-corrected chi connectivity index (χ1v) is 4.70. The Morgan fingerprint density at radius 1 is 1.71 bits per heavy atom. The zero-order valence-electron chi connectivity index (χ0n) is 4.55. The lowest BCUT2D eigenvalue weighted by Crippen LogP contribution is -1.99. The van der Waals surface area contributed by atoms with Crippen molar-refractivity contribution >= 4 is 7.14 Å². The van der Waals surface area contributed by atoms with Gasteiger partial charge in [-0.15, -0.1) is 0 Å². The van der Waals surface area contributed by atoms with Gasteiger partial charge in [0.25, 0.3) is 0 Å². The van der Waals surface area contributed by atoms with Crippen LogP contribution >= 0.6 is 7.14 Å². The van der Waals surface area contributed by atoms with Crippen LogP contribution < -0.4 is 5.90 Å². The van der Waals surface area contributed by atoms with E-state index in [1.54, 1.807) is 13.3 Å². The first-order valence-electron chi connectivity index (χ1n) is 1.92. The van der Waals surface area contributed by atoms with Crippen molar-refractivity contribution in [3.8, 4) is 0 Å². The third-order valence-corrected chi connectivity index (χ3v) is 1.16. The maximum absolute atomic E-state index is 10.6. The van der Waals surface area contributed by atoms with Crippen LogP contribution in [0.2, 0.25) is 0 Å². The molecule has 7 heavy (non-hydrogen) atoms. The van der Waals surface area contributed by atoms with Crippen LogP contribution in [-0.2, 0) is 9.40 Å². The number of nitrogens with two attached hydrogens (primary N) is 1. The van der Waals surface area contributed by atoms with Crippen molar-refractivity contribution in [3.05, 3.63) is 0 Å². The summed E-state index contributed by atoms with van der Waals surface area (Å²) < 4.78 is 10.6. The number of hydrogen-bond acceptors (Lipinski definition) is 3. The van der Waals surface area contributed by atoms with Crippen LogP contribution in [0.25, 0.3) is 0 Å². The van der Waals surface area contributed by atoms with Crippen molar-refractivity contribution in [1.29, 1.82) is 0 Å². The second-order valence-corrected chi connectivity index (χ2v) is 5.28. The Hall–Kier alpha value is 0.150. The Morgan fingerprint density at radius 3 is 2.14 bits per heavy atom. The summed E-state index contributed by atoms with van der Waals surface area (Å²) in [6, 6.07) is 0. The second-order valence-electron chi connectivity index (χ2n) is 1.87. The summed E-state index contributed by atoms with van der Waals surface area (Å²) in [4.78, 5) is 4.14. The summed E-state index contributed by atoms with van der Waals surface area (Å²) in [6.07, 6.45) is 0.174. The molecule has 0 rings (SSSR count). The lowest BCUT2D eigenvalue weighted by molar-refractivity contribution is 0.183. The smallest absolute Gasteiger partial charge is 0.120 e. The molecule has 0 unspecified atom stereocenters. The first-order chi connectivity index (χ1) is 3.06. The molecule has 0 aromatic carbocycles. The monoisotopic (exact) mass is 123 g/mol.